The minimum atomic E-state index is -4.44. The van der Waals surface area contributed by atoms with Crippen molar-refractivity contribution in [2.75, 3.05) is 0 Å². The van der Waals surface area contributed by atoms with Gasteiger partial charge in [0.1, 0.15) is 5.60 Å². The van der Waals surface area contributed by atoms with E-state index < -0.39 is 34.7 Å². The van der Waals surface area contributed by atoms with Crippen molar-refractivity contribution in [3.8, 4) is 0 Å². The fourth-order valence-electron chi connectivity index (χ4n) is 2.61. The monoisotopic (exact) mass is 356 g/mol. The topological polar surface area (TPSA) is 63.6 Å². The Morgan fingerprint density at radius 2 is 1.68 bits per heavy atom. The molecular formula is C18H19F3O4. The Morgan fingerprint density at radius 1 is 1.16 bits per heavy atom. The summed E-state index contributed by atoms with van der Waals surface area (Å²) in [5.74, 6) is -2.07. The maximum Gasteiger partial charge on any atom is 0.416 e. The molecule has 1 N–H and O–H groups in total. The first-order chi connectivity index (χ1) is 11.4. The fourth-order valence-corrected chi connectivity index (χ4v) is 2.61. The number of hydrogen-bond donors (Lipinski definition) is 1. The van der Waals surface area contributed by atoms with Crippen LogP contribution in [0.5, 0.6) is 0 Å². The minimum Gasteiger partial charge on any atom is -0.478 e. The lowest BCUT2D eigenvalue weighted by Gasteiger charge is -2.43. The Kier molecular flexibility index (Phi) is 4.72. The molecule has 0 unspecified atom stereocenters. The van der Waals surface area contributed by atoms with Crippen LogP contribution in [0.15, 0.2) is 36.4 Å². The van der Waals surface area contributed by atoms with Crippen molar-refractivity contribution in [3.05, 3.63) is 47.5 Å². The number of aliphatic carboxylic acids is 1. The van der Waals surface area contributed by atoms with E-state index in [0.717, 1.165) is 18.6 Å². The molecule has 4 nitrogen and oxygen atoms in total. The Hall–Kier alpha value is -2.31. The molecule has 1 aliphatic carbocycles. The summed E-state index contributed by atoms with van der Waals surface area (Å²) in [4.78, 5) is 23.6. The largest absolute Gasteiger partial charge is 0.478 e. The maximum absolute atomic E-state index is 12.7. The molecular weight excluding hydrogens is 337 g/mol. The SMILES string of the molecule is C=C(C(=O)O)C(C)(C)C(=O)OC1(c2ccc(C(F)(F)F)cc2)CCC1. The second-order valence-corrected chi connectivity index (χ2v) is 6.72. The number of carboxylic acids is 1. The third-order valence-electron chi connectivity index (χ3n) is 4.71. The van der Waals surface area contributed by atoms with Gasteiger partial charge in [0, 0.05) is 5.57 Å². The van der Waals surface area contributed by atoms with E-state index in [1.54, 1.807) is 0 Å². The average molecular weight is 356 g/mol. The molecule has 7 heteroatoms. The van der Waals surface area contributed by atoms with Crippen molar-refractivity contribution >= 4 is 11.9 Å². The normalized spacial score (nSPS) is 16.7. The van der Waals surface area contributed by atoms with Crippen molar-refractivity contribution < 1.29 is 32.6 Å². The Bertz CT molecular complexity index is 698. The molecule has 0 amide bonds. The van der Waals surface area contributed by atoms with Crippen LogP contribution < -0.4 is 0 Å². The highest BCUT2D eigenvalue weighted by atomic mass is 19.4. The summed E-state index contributed by atoms with van der Waals surface area (Å²) in [6.45, 7) is 6.19. The van der Waals surface area contributed by atoms with Gasteiger partial charge in [0.25, 0.3) is 0 Å². The first-order valence-corrected chi connectivity index (χ1v) is 7.74. The molecule has 1 fully saturated rings. The molecule has 25 heavy (non-hydrogen) atoms. The lowest BCUT2D eigenvalue weighted by molar-refractivity contribution is -0.181. The summed E-state index contributed by atoms with van der Waals surface area (Å²) < 4.78 is 43.7. The molecule has 0 heterocycles. The zero-order chi connectivity index (χ0) is 19.0. The number of rotatable bonds is 5. The summed E-state index contributed by atoms with van der Waals surface area (Å²) in [6.07, 6.45) is -2.74. The van der Waals surface area contributed by atoms with Crippen molar-refractivity contribution in [1.82, 2.24) is 0 Å². The van der Waals surface area contributed by atoms with Gasteiger partial charge in [0.2, 0.25) is 0 Å². The van der Waals surface area contributed by atoms with Gasteiger partial charge in [-0.15, -0.1) is 0 Å². The first-order valence-electron chi connectivity index (χ1n) is 7.74. The Morgan fingerprint density at radius 3 is 2.04 bits per heavy atom. The van der Waals surface area contributed by atoms with E-state index in [1.807, 2.05) is 0 Å². The zero-order valence-corrected chi connectivity index (χ0v) is 13.9. The highest BCUT2D eigenvalue weighted by molar-refractivity contribution is 5.96. The van der Waals surface area contributed by atoms with Gasteiger partial charge in [-0.3, -0.25) is 4.79 Å². The summed E-state index contributed by atoms with van der Waals surface area (Å²) >= 11 is 0. The van der Waals surface area contributed by atoms with Gasteiger partial charge in [-0.1, -0.05) is 18.7 Å². The molecule has 1 aromatic rings. The summed E-state index contributed by atoms with van der Waals surface area (Å²) in [5.41, 5.74) is -3.08. The molecule has 0 aromatic heterocycles. The molecule has 136 valence electrons. The third-order valence-corrected chi connectivity index (χ3v) is 4.71. The zero-order valence-electron chi connectivity index (χ0n) is 13.9. The quantitative estimate of drug-likeness (QED) is 0.631. The standard InChI is InChI=1S/C18H19F3O4/c1-11(14(22)23)16(2,3)15(24)25-17(9-4-10-17)12-5-7-13(8-6-12)18(19,20)21/h5-8H,1,4,9-10H2,2-3H3,(H,22,23). The number of carbonyl (C=O) groups is 2. The van der Waals surface area contributed by atoms with Gasteiger partial charge < -0.3 is 9.84 Å². The van der Waals surface area contributed by atoms with Gasteiger partial charge in [-0.2, -0.15) is 13.2 Å². The van der Waals surface area contributed by atoms with Crippen LogP contribution in [0.3, 0.4) is 0 Å². The number of carbonyl (C=O) groups excluding carboxylic acids is 1. The van der Waals surface area contributed by atoms with E-state index in [2.05, 4.69) is 6.58 Å². The number of halogens is 3. The lowest BCUT2D eigenvalue weighted by atomic mass is 9.74. The molecule has 0 radical (unpaired) electrons. The second-order valence-electron chi connectivity index (χ2n) is 6.72. The molecule has 2 rings (SSSR count). The molecule has 0 aliphatic heterocycles. The van der Waals surface area contributed by atoms with Gasteiger partial charge in [-0.05, 0) is 50.8 Å². The predicted octanol–water partition coefficient (Wildman–Crippen LogP) is 4.29. The summed E-state index contributed by atoms with van der Waals surface area (Å²) in [5, 5.41) is 9.05. The molecule has 1 saturated carbocycles. The van der Waals surface area contributed by atoms with E-state index >= 15 is 0 Å². The van der Waals surface area contributed by atoms with E-state index in [4.69, 9.17) is 9.84 Å². The van der Waals surface area contributed by atoms with Crippen LogP contribution in [0, 0.1) is 5.41 Å². The van der Waals surface area contributed by atoms with E-state index in [9.17, 15) is 22.8 Å². The predicted molar refractivity (Wildman–Crippen MR) is 83.6 cm³/mol. The van der Waals surface area contributed by atoms with Gasteiger partial charge in [-0.25, -0.2) is 4.79 Å². The second kappa shape index (κ2) is 6.20. The molecule has 0 saturated heterocycles. The van der Waals surface area contributed by atoms with Crippen molar-refractivity contribution in [2.24, 2.45) is 5.41 Å². The molecule has 0 bridgehead atoms. The minimum absolute atomic E-state index is 0.306. The van der Waals surface area contributed by atoms with Crippen molar-refractivity contribution in [1.29, 1.82) is 0 Å². The number of esters is 1. The highest BCUT2D eigenvalue weighted by Gasteiger charge is 2.47. The van der Waals surface area contributed by atoms with Crippen LogP contribution in [0.25, 0.3) is 0 Å². The third kappa shape index (κ3) is 3.55. The fraction of sp³-hybridized carbons (Fsp3) is 0.444. The average Bonchev–Trinajstić information content (AvgIpc) is 2.48. The van der Waals surface area contributed by atoms with Crippen molar-refractivity contribution in [3.63, 3.8) is 0 Å². The number of carboxylic acid groups (broad SMARTS) is 1. The van der Waals surface area contributed by atoms with Crippen LogP contribution in [0.4, 0.5) is 13.2 Å². The summed E-state index contributed by atoms with van der Waals surface area (Å²) in [6, 6.07) is 4.50. The van der Waals surface area contributed by atoms with Gasteiger partial charge in [0.15, 0.2) is 0 Å². The molecule has 1 aromatic carbocycles. The van der Waals surface area contributed by atoms with Gasteiger partial charge >= 0.3 is 18.1 Å². The van der Waals surface area contributed by atoms with Crippen LogP contribution in [0.1, 0.15) is 44.2 Å². The van der Waals surface area contributed by atoms with E-state index in [-0.39, 0.29) is 5.57 Å². The number of alkyl halides is 3. The molecule has 1 aliphatic rings. The van der Waals surface area contributed by atoms with Crippen LogP contribution in [0.2, 0.25) is 0 Å². The van der Waals surface area contributed by atoms with Gasteiger partial charge in [0.05, 0.1) is 11.0 Å². The number of hydrogen-bond acceptors (Lipinski definition) is 3. The number of benzene rings is 1. The van der Waals surface area contributed by atoms with E-state index in [1.165, 1.54) is 26.0 Å². The molecule has 0 atom stereocenters. The lowest BCUT2D eigenvalue weighted by Crippen LogP contribution is -2.43. The smallest absolute Gasteiger partial charge is 0.416 e. The molecule has 0 spiro atoms. The maximum atomic E-state index is 12.7. The Balaban J connectivity index is 2.25. The van der Waals surface area contributed by atoms with Crippen LogP contribution in [-0.2, 0) is 26.1 Å². The van der Waals surface area contributed by atoms with E-state index in [0.29, 0.717) is 18.4 Å². The van der Waals surface area contributed by atoms with Crippen LogP contribution >= 0.6 is 0 Å². The number of ether oxygens (including phenoxy) is 1. The first kappa shape index (κ1) is 19.0. The van der Waals surface area contributed by atoms with Crippen molar-refractivity contribution in [2.45, 2.75) is 44.9 Å². The van der Waals surface area contributed by atoms with Crippen LogP contribution in [-0.4, -0.2) is 17.0 Å². The highest BCUT2D eigenvalue weighted by Crippen LogP contribution is 2.47. The Labute approximate surface area is 143 Å². The summed E-state index contributed by atoms with van der Waals surface area (Å²) in [7, 11) is 0.